The van der Waals surface area contributed by atoms with Crippen LogP contribution in [0.3, 0.4) is 0 Å². The van der Waals surface area contributed by atoms with Crippen molar-refractivity contribution in [3.8, 4) is 28.8 Å². The van der Waals surface area contributed by atoms with Gasteiger partial charge in [-0.2, -0.15) is 9.97 Å². The first-order valence-corrected chi connectivity index (χ1v) is 16.3. The zero-order valence-electron chi connectivity index (χ0n) is 28.9. The van der Waals surface area contributed by atoms with Gasteiger partial charge in [0.25, 0.3) is 0 Å². The monoisotopic (exact) mass is 680 g/mol. The summed E-state index contributed by atoms with van der Waals surface area (Å²) in [6.07, 6.45) is 3.31. The van der Waals surface area contributed by atoms with E-state index in [0.29, 0.717) is 67.5 Å². The van der Waals surface area contributed by atoms with Gasteiger partial charge in [-0.25, -0.2) is 19.3 Å². The lowest BCUT2D eigenvalue weighted by Crippen LogP contribution is -2.42. The van der Waals surface area contributed by atoms with Crippen LogP contribution < -0.4 is 24.4 Å². The number of rotatable bonds is 13. The number of anilines is 3. The van der Waals surface area contributed by atoms with Crippen molar-refractivity contribution in [1.29, 1.82) is 0 Å². The Labute approximate surface area is 291 Å². The minimum atomic E-state index is -0.594. The number of halogens is 1. The van der Waals surface area contributed by atoms with Crippen molar-refractivity contribution in [3.63, 3.8) is 0 Å². The molecule has 1 saturated heterocycles. The Morgan fingerprint density at radius 2 is 1.54 bits per heavy atom. The third-order valence-electron chi connectivity index (χ3n) is 8.42. The van der Waals surface area contributed by atoms with Gasteiger partial charge in [0.2, 0.25) is 11.8 Å². The third-order valence-corrected chi connectivity index (χ3v) is 8.42. The first-order valence-electron chi connectivity index (χ1n) is 16.3. The Bertz CT molecular complexity index is 1850. The molecular weight excluding hydrogens is 639 g/mol. The van der Waals surface area contributed by atoms with Gasteiger partial charge in [0.1, 0.15) is 23.1 Å². The maximum atomic E-state index is 14.7. The highest BCUT2D eigenvalue weighted by atomic mass is 19.1. The van der Waals surface area contributed by atoms with Crippen molar-refractivity contribution in [3.05, 3.63) is 101 Å². The molecule has 0 radical (unpaired) electrons. The molecule has 0 amide bonds. The molecule has 50 heavy (non-hydrogen) atoms. The van der Waals surface area contributed by atoms with Crippen LogP contribution in [-0.4, -0.2) is 76.9 Å². The number of morpholine rings is 1. The van der Waals surface area contributed by atoms with E-state index in [1.54, 1.807) is 14.2 Å². The van der Waals surface area contributed by atoms with Crippen LogP contribution in [0.4, 0.5) is 21.8 Å². The van der Waals surface area contributed by atoms with Crippen molar-refractivity contribution in [2.45, 2.75) is 39.5 Å². The zero-order chi connectivity index (χ0) is 35.0. The number of benzene rings is 2. The predicted octanol–water partition coefficient (Wildman–Crippen LogP) is 5.97. The molecule has 1 unspecified atom stereocenters. The van der Waals surface area contributed by atoms with E-state index in [1.165, 1.54) is 19.4 Å². The van der Waals surface area contributed by atoms with Crippen LogP contribution in [0.25, 0.3) is 11.4 Å². The van der Waals surface area contributed by atoms with E-state index in [0.717, 1.165) is 34.7 Å². The van der Waals surface area contributed by atoms with Crippen LogP contribution in [0.1, 0.15) is 29.4 Å². The summed E-state index contributed by atoms with van der Waals surface area (Å²) in [4.78, 5) is 28.0. The van der Waals surface area contributed by atoms with Gasteiger partial charge in [-0.05, 0) is 60.9 Å². The van der Waals surface area contributed by atoms with Crippen LogP contribution in [0.5, 0.6) is 17.4 Å². The second-order valence-electron chi connectivity index (χ2n) is 12.0. The van der Waals surface area contributed by atoms with E-state index in [-0.39, 0.29) is 11.9 Å². The molecule has 0 bridgehead atoms. The summed E-state index contributed by atoms with van der Waals surface area (Å²) in [5, 5.41) is 3.23. The van der Waals surface area contributed by atoms with Crippen LogP contribution >= 0.6 is 0 Å². The molecule has 1 aliphatic rings. The molecule has 13 heteroatoms. The second-order valence-corrected chi connectivity index (χ2v) is 12.0. The average molecular weight is 681 g/mol. The standard InChI is InChI=1S/C37H41FN8O4/c1-24-23-50-15-14-45(24)22-28-16-32(34(39-18-28)43-29-17-33(38)36(49-5)40-19-29)35-41-25(2)42-37(44-35)46(20-26-6-10-30(47-3)11-7-26)21-27-8-12-31(48-4)13-9-27/h6-13,16-19,24H,14-15,20-23H2,1-5H3,(H,39,43). The largest absolute Gasteiger partial charge is 0.497 e. The minimum Gasteiger partial charge on any atom is -0.497 e. The number of hydrogen-bond donors (Lipinski definition) is 1. The fraction of sp³-hybridized carbons (Fsp3) is 0.324. The molecule has 2 aromatic carbocycles. The van der Waals surface area contributed by atoms with Crippen molar-refractivity contribution >= 4 is 17.5 Å². The van der Waals surface area contributed by atoms with E-state index < -0.39 is 5.82 Å². The van der Waals surface area contributed by atoms with Crippen LogP contribution in [0.2, 0.25) is 0 Å². The number of ether oxygens (including phenoxy) is 4. The van der Waals surface area contributed by atoms with Gasteiger partial charge in [0.15, 0.2) is 11.6 Å². The normalized spacial score (nSPS) is 14.6. The Morgan fingerprint density at radius 1 is 0.860 bits per heavy atom. The number of aryl methyl sites for hydroxylation is 1. The maximum Gasteiger partial charge on any atom is 0.250 e. The third kappa shape index (κ3) is 8.41. The quantitative estimate of drug-likeness (QED) is 0.158. The SMILES string of the molecule is COc1ccc(CN(Cc2ccc(OC)cc2)c2nc(C)nc(-c3cc(CN4CCOCC4C)cnc3Nc3cnc(OC)c(F)c3)n2)cc1. The van der Waals surface area contributed by atoms with Crippen molar-refractivity contribution in [1.82, 2.24) is 29.8 Å². The summed E-state index contributed by atoms with van der Waals surface area (Å²) in [6, 6.07) is 19.5. The minimum absolute atomic E-state index is 0.0924. The molecule has 5 aromatic rings. The molecule has 0 aliphatic carbocycles. The molecule has 1 atom stereocenters. The van der Waals surface area contributed by atoms with Gasteiger partial charge in [-0.15, -0.1) is 0 Å². The summed E-state index contributed by atoms with van der Waals surface area (Å²) in [5.41, 5.74) is 4.13. The Kier molecular flexibility index (Phi) is 10.9. The fourth-order valence-electron chi connectivity index (χ4n) is 5.71. The molecule has 4 heterocycles. The summed E-state index contributed by atoms with van der Waals surface area (Å²) >= 11 is 0. The van der Waals surface area contributed by atoms with Crippen LogP contribution in [0.15, 0.2) is 73.1 Å². The zero-order valence-corrected chi connectivity index (χ0v) is 28.9. The van der Waals surface area contributed by atoms with Gasteiger partial charge in [-0.1, -0.05) is 24.3 Å². The summed E-state index contributed by atoms with van der Waals surface area (Å²) in [6.45, 7) is 7.86. The van der Waals surface area contributed by atoms with Gasteiger partial charge < -0.3 is 29.2 Å². The molecule has 1 aliphatic heterocycles. The lowest BCUT2D eigenvalue weighted by molar-refractivity contribution is -0.00440. The van der Waals surface area contributed by atoms with Crippen molar-refractivity contribution in [2.75, 3.05) is 51.3 Å². The van der Waals surface area contributed by atoms with E-state index in [4.69, 9.17) is 38.9 Å². The number of nitrogens with zero attached hydrogens (tertiary/aromatic N) is 7. The topological polar surface area (TPSA) is 120 Å². The highest BCUT2D eigenvalue weighted by Gasteiger charge is 2.22. The fourth-order valence-corrected chi connectivity index (χ4v) is 5.71. The number of nitrogens with one attached hydrogen (secondary N) is 1. The van der Waals surface area contributed by atoms with E-state index >= 15 is 0 Å². The number of aromatic nitrogens is 5. The molecule has 12 nitrogen and oxygen atoms in total. The van der Waals surface area contributed by atoms with Crippen LogP contribution in [-0.2, 0) is 24.4 Å². The van der Waals surface area contributed by atoms with E-state index in [2.05, 4.69) is 27.0 Å². The first kappa shape index (κ1) is 34.5. The van der Waals surface area contributed by atoms with E-state index in [9.17, 15) is 4.39 Å². The van der Waals surface area contributed by atoms with Gasteiger partial charge in [0, 0.05) is 44.5 Å². The lowest BCUT2D eigenvalue weighted by atomic mass is 10.1. The average Bonchev–Trinajstić information content (AvgIpc) is 3.13. The Hall–Kier alpha value is -5.40. The molecule has 0 spiro atoms. The van der Waals surface area contributed by atoms with Gasteiger partial charge >= 0.3 is 0 Å². The number of hydrogen-bond acceptors (Lipinski definition) is 12. The van der Waals surface area contributed by atoms with Crippen molar-refractivity contribution < 1.29 is 23.3 Å². The number of methoxy groups -OCH3 is 3. The Morgan fingerprint density at radius 3 is 2.14 bits per heavy atom. The first-order chi connectivity index (χ1) is 24.3. The molecule has 0 saturated carbocycles. The summed E-state index contributed by atoms with van der Waals surface area (Å²) in [5.74, 6) is 2.77. The maximum absolute atomic E-state index is 14.7. The molecule has 260 valence electrons. The second kappa shape index (κ2) is 15.9. The Balaban J connectivity index is 1.40. The molecule has 1 N–H and O–H groups in total. The molecular formula is C37H41FN8O4. The highest BCUT2D eigenvalue weighted by molar-refractivity contribution is 5.75. The van der Waals surface area contributed by atoms with Gasteiger partial charge in [0.05, 0.1) is 52.0 Å². The number of pyridine rings is 2. The molecule has 6 rings (SSSR count). The van der Waals surface area contributed by atoms with Crippen LogP contribution in [0, 0.1) is 12.7 Å². The molecule has 3 aromatic heterocycles. The summed E-state index contributed by atoms with van der Waals surface area (Å²) < 4.78 is 36.1. The van der Waals surface area contributed by atoms with E-state index in [1.807, 2.05) is 67.7 Å². The predicted molar refractivity (Wildman–Crippen MR) is 188 cm³/mol. The lowest BCUT2D eigenvalue weighted by Gasteiger charge is -2.33. The smallest absolute Gasteiger partial charge is 0.250 e. The highest BCUT2D eigenvalue weighted by Crippen LogP contribution is 2.31. The van der Waals surface area contributed by atoms with Crippen molar-refractivity contribution in [2.24, 2.45) is 0 Å². The van der Waals surface area contributed by atoms with Gasteiger partial charge in [-0.3, -0.25) is 4.90 Å². The molecule has 1 fully saturated rings. The summed E-state index contributed by atoms with van der Waals surface area (Å²) in [7, 11) is 4.67.